The van der Waals surface area contributed by atoms with Crippen LogP contribution in [0.5, 0.6) is 5.75 Å². The van der Waals surface area contributed by atoms with E-state index in [0.717, 1.165) is 3.57 Å². The SMILES string of the molecule is COc1ccc(/C=C2\C(=O)NC(=S)N(c3ccccc3Cl)C2=O)cc1I. The number of rotatable bonds is 3. The number of anilines is 1. The zero-order valence-electron chi connectivity index (χ0n) is 13.5. The molecule has 2 aromatic rings. The number of hydrogen-bond acceptors (Lipinski definition) is 4. The fourth-order valence-corrected chi connectivity index (χ4v) is 3.70. The van der Waals surface area contributed by atoms with Gasteiger partial charge in [0.25, 0.3) is 11.8 Å². The van der Waals surface area contributed by atoms with Crippen LogP contribution in [-0.2, 0) is 9.59 Å². The van der Waals surface area contributed by atoms with Crippen molar-refractivity contribution in [2.24, 2.45) is 0 Å². The van der Waals surface area contributed by atoms with Gasteiger partial charge in [-0.2, -0.15) is 0 Å². The van der Waals surface area contributed by atoms with E-state index >= 15 is 0 Å². The first-order chi connectivity index (χ1) is 12.4. The highest BCUT2D eigenvalue weighted by molar-refractivity contribution is 14.1. The third kappa shape index (κ3) is 3.60. The maximum Gasteiger partial charge on any atom is 0.270 e. The maximum atomic E-state index is 12.9. The minimum atomic E-state index is -0.547. The van der Waals surface area contributed by atoms with E-state index in [1.807, 2.05) is 6.07 Å². The molecule has 0 aliphatic carbocycles. The molecule has 26 heavy (non-hydrogen) atoms. The zero-order chi connectivity index (χ0) is 18.8. The van der Waals surface area contributed by atoms with Crippen LogP contribution in [0.3, 0.4) is 0 Å². The van der Waals surface area contributed by atoms with Crippen molar-refractivity contribution >= 4 is 75.1 Å². The molecule has 1 aliphatic rings. The minimum Gasteiger partial charge on any atom is -0.496 e. The van der Waals surface area contributed by atoms with Gasteiger partial charge in [0.1, 0.15) is 11.3 Å². The van der Waals surface area contributed by atoms with Gasteiger partial charge in [0, 0.05) is 0 Å². The average molecular weight is 499 g/mol. The summed E-state index contributed by atoms with van der Waals surface area (Å²) < 4.78 is 6.08. The molecule has 0 bridgehead atoms. The monoisotopic (exact) mass is 498 g/mol. The van der Waals surface area contributed by atoms with Crippen molar-refractivity contribution in [2.45, 2.75) is 0 Å². The fourth-order valence-electron chi connectivity index (χ4n) is 2.45. The van der Waals surface area contributed by atoms with Gasteiger partial charge in [-0.1, -0.05) is 29.8 Å². The Kier molecular flexibility index (Phi) is 5.59. The second-order valence-corrected chi connectivity index (χ2v) is 7.26. The summed E-state index contributed by atoms with van der Waals surface area (Å²) in [6.07, 6.45) is 1.52. The zero-order valence-corrected chi connectivity index (χ0v) is 17.2. The Labute approximate surface area is 174 Å². The van der Waals surface area contributed by atoms with E-state index < -0.39 is 11.8 Å². The lowest BCUT2D eigenvalue weighted by atomic mass is 10.1. The first-order valence-electron chi connectivity index (χ1n) is 7.42. The number of methoxy groups -OCH3 is 1. The molecule has 8 heteroatoms. The van der Waals surface area contributed by atoms with Gasteiger partial charge in [0.05, 0.1) is 21.4 Å². The summed E-state index contributed by atoms with van der Waals surface area (Å²) in [5.74, 6) is -0.363. The largest absolute Gasteiger partial charge is 0.496 e. The van der Waals surface area contributed by atoms with Gasteiger partial charge in [-0.15, -0.1) is 0 Å². The van der Waals surface area contributed by atoms with Gasteiger partial charge in [-0.3, -0.25) is 19.8 Å². The Balaban J connectivity index is 2.03. The second-order valence-electron chi connectivity index (χ2n) is 5.30. The Morgan fingerprint density at radius 1 is 1.23 bits per heavy atom. The van der Waals surface area contributed by atoms with Gasteiger partial charge in [0.15, 0.2) is 5.11 Å². The third-order valence-electron chi connectivity index (χ3n) is 3.68. The molecule has 0 unspecified atom stereocenters. The van der Waals surface area contributed by atoms with Crippen molar-refractivity contribution in [3.8, 4) is 5.75 Å². The van der Waals surface area contributed by atoms with Gasteiger partial charge < -0.3 is 4.74 Å². The highest BCUT2D eigenvalue weighted by atomic mass is 127. The molecular weight excluding hydrogens is 487 g/mol. The molecule has 1 fully saturated rings. The standard InChI is InChI=1S/C18H12ClIN2O3S/c1-25-15-7-6-10(9-13(15)20)8-11-16(23)21-18(26)22(17(11)24)14-5-3-2-4-12(14)19/h2-9H,1H3,(H,21,23,26)/b11-8+. The van der Waals surface area contributed by atoms with Crippen LogP contribution in [0.25, 0.3) is 6.08 Å². The highest BCUT2D eigenvalue weighted by Crippen LogP contribution is 2.29. The van der Waals surface area contributed by atoms with Crippen LogP contribution in [0.1, 0.15) is 5.56 Å². The van der Waals surface area contributed by atoms with E-state index in [2.05, 4.69) is 27.9 Å². The fraction of sp³-hybridized carbons (Fsp3) is 0.0556. The number of thiocarbonyl (C=S) groups is 1. The van der Waals surface area contributed by atoms with Crippen molar-refractivity contribution in [3.63, 3.8) is 0 Å². The van der Waals surface area contributed by atoms with Crippen LogP contribution in [0.4, 0.5) is 5.69 Å². The summed E-state index contributed by atoms with van der Waals surface area (Å²) in [6.45, 7) is 0. The van der Waals surface area contributed by atoms with Crippen LogP contribution in [0, 0.1) is 3.57 Å². The molecule has 1 saturated heterocycles. The number of hydrogen-bond donors (Lipinski definition) is 1. The average Bonchev–Trinajstić information content (AvgIpc) is 2.60. The molecule has 1 N–H and O–H groups in total. The number of halogens is 2. The van der Waals surface area contributed by atoms with Gasteiger partial charge in [0.2, 0.25) is 0 Å². The van der Waals surface area contributed by atoms with Crippen LogP contribution in [0.15, 0.2) is 48.0 Å². The highest BCUT2D eigenvalue weighted by Gasteiger charge is 2.35. The van der Waals surface area contributed by atoms with Crippen LogP contribution >= 0.6 is 46.4 Å². The molecule has 0 radical (unpaired) electrons. The maximum absolute atomic E-state index is 12.9. The summed E-state index contributed by atoms with van der Waals surface area (Å²) >= 11 is 13.5. The summed E-state index contributed by atoms with van der Waals surface area (Å²) in [5.41, 5.74) is 1.08. The van der Waals surface area contributed by atoms with Crippen LogP contribution in [0.2, 0.25) is 5.02 Å². The Morgan fingerprint density at radius 2 is 1.96 bits per heavy atom. The van der Waals surface area contributed by atoms with Crippen molar-refractivity contribution in [1.29, 1.82) is 0 Å². The molecule has 132 valence electrons. The molecule has 0 saturated carbocycles. The summed E-state index contributed by atoms with van der Waals surface area (Å²) in [5, 5.41) is 2.89. The van der Waals surface area contributed by atoms with Crippen LogP contribution in [-0.4, -0.2) is 24.0 Å². The second kappa shape index (κ2) is 7.73. The number of ether oxygens (including phenoxy) is 1. The number of benzene rings is 2. The van der Waals surface area contributed by atoms with E-state index in [1.54, 1.807) is 43.5 Å². The molecular formula is C18H12ClIN2O3S. The quantitative estimate of drug-likeness (QED) is 0.303. The first kappa shape index (κ1) is 18.8. The van der Waals surface area contributed by atoms with Crippen molar-refractivity contribution in [1.82, 2.24) is 5.32 Å². The molecule has 5 nitrogen and oxygen atoms in total. The van der Waals surface area contributed by atoms with Gasteiger partial charge in [-0.05, 0) is 70.7 Å². The minimum absolute atomic E-state index is 0.00504. The molecule has 0 aromatic heterocycles. The molecule has 2 amide bonds. The smallest absolute Gasteiger partial charge is 0.270 e. The van der Waals surface area contributed by atoms with Gasteiger partial charge in [-0.25, -0.2) is 0 Å². The number of carbonyl (C=O) groups excluding carboxylic acids is 2. The Morgan fingerprint density at radius 3 is 2.62 bits per heavy atom. The number of nitrogens with one attached hydrogen (secondary N) is 1. The summed E-state index contributed by atoms with van der Waals surface area (Å²) in [4.78, 5) is 26.5. The Hall–Kier alpha value is -1.97. The van der Waals surface area contributed by atoms with Crippen molar-refractivity contribution in [3.05, 3.63) is 62.2 Å². The summed E-state index contributed by atoms with van der Waals surface area (Å²) in [7, 11) is 1.58. The summed E-state index contributed by atoms with van der Waals surface area (Å²) in [6, 6.07) is 12.2. The van der Waals surface area contributed by atoms with Gasteiger partial charge >= 0.3 is 0 Å². The molecule has 0 atom stereocenters. The molecule has 1 aliphatic heterocycles. The lowest BCUT2D eigenvalue weighted by molar-refractivity contribution is -0.122. The lowest BCUT2D eigenvalue weighted by Crippen LogP contribution is -2.54. The van der Waals surface area contributed by atoms with Crippen molar-refractivity contribution in [2.75, 3.05) is 12.0 Å². The topological polar surface area (TPSA) is 58.6 Å². The molecule has 0 spiro atoms. The predicted molar refractivity (Wildman–Crippen MR) is 113 cm³/mol. The van der Waals surface area contributed by atoms with E-state index in [-0.39, 0.29) is 10.7 Å². The first-order valence-corrected chi connectivity index (χ1v) is 9.28. The number of carbonyl (C=O) groups is 2. The van der Waals surface area contributed by atoms with E-state index in [1.165, 1.54) is 11.0 Å². The predicted octanol–water partition coefficient (Wildman–Crippen LogP) is 3.78. The number of para-hydroxylation sites is 1. The van der Waals surface area contributed by atoms with E-state index in [0.29, 0.717) is 22.0 Å². The van der Waals surface area contributed by atoms with E-state index in [9.17, 15) is 9.59 Å². The Bertz CT molecular complexity index is 961. The normalized spacial score (nSPS) is 16.0. The number of nitrogens with zero attached hydrogens (tertiary/aromatic N) is 1. The molecule has 2 aromatic carbocycles. The molecule has 3 rings (SSSR count). The lowest BCUT2D eigenvalue weighted by Gasteiger charge is -2.29. The molecule has 1 heterocycles. The van der Waals surface area contributed by atoms with Crippen LogP contribution < -0.4 is 15.0 Å². The third-order valence-corrected chi connectivity index (χ3v) is 5.13. The van der Waals surface area contributed by atoms with Crippen molar-refractivity contribution < 1.29 is 14.3 Å². The van der Waals surface area contributed by atoms with E-state index in [4.69, 9.17) is 28.6 Å². The number of amides is 2.